The number of nitrogens with one attached hydrogen (secondary N) is 2. The Morgan fingerprint density at radius 1 is 1.12 bits per heavy atom. The van der Waals surface area contributed by atoms with Crippen LogP contribution in [0, 0.1) is 6.92 Å². The number of aryl methyl sites for hydroxylation is 1. The van der Waals surface area contributed by atoms with Crippen LogP contribution < -0.4 is 20.3 Å². The molecule has 8 heteroatoms. The van der Waals surface area contributed by atoms with Crippen molar-refractivity contribution >= 4 is 17.3 Å². The molecular formula is C18H16F3N3O2. The third-order valence-corrected chi connectivity index (χ3v) is 4.57. The Hall–Kier alpha value is -2.74. The molecule has 136 valence electrons. The predicted octanol–water partition coefficient (Wildman–Crippen LogP) is 3.27. The lowest BCUT2D eigenvalue weighted by Gasteiger charge is -2.53. The number of amides is 1. The third kappa shape index (κ3) is 2.76. The van der Waals surface area contributed by atoms with Crippen molar-refractivity contribution < 1.29 is 22.7 Å². The third-order valence-electron chi connectivity index (χ3n) is 4.57. The first-order chi connectivity index (χ1) is 12.3. The molecule has 0 saturated carbocycles. The van der Waals surface area contributed by atoms with Crippen molar-refractivity contribution in [3.05, 3.63) is 53.6 Å². The number of hydrogen-bond donors (Lipinski definition) is 2. The van der Waals surface area contributed by atoms with Crippen LogP contribution in [0.15, 0.2) is 42.5 Å². The van der Waals surface area contributed by atoms with E-state index in [1.807, 2.05) is 19.1 Å². The summed E-state index contributed by atoms with van der Waals surface area (Å²) in [6.45, 7) is 3.02. The van der Waals surface area contributed by atoms with Gasteiger partial charge in [0, 0.05) is 24.5 Å². The van der Waals surface area contributed by atoms with E-state index in [2.05, 4.69) is 15.4 Å². The summed E-state index contributed by atoms with van der Waals surface area (Å²) >= 11 is 0. The van der Waals surface area contributed by atoms with Gasteiger partial charge in [-0.2, -0.15) is 0 Å². The lowest BCUT2D eigenvalue weighted by atomic mass is 9.92. The molecule has 2 aliphatic heterocycles. The summed E-state index contributed by atoms with van der Waals surface area (Å²) in [6.07, 6.45) is -4.75. The first-order valence-corrected chi connectivity index (χ1v) is 8.07. The summed E-state index contributed by atoms with van der Waals surface area (Å²) in [4.78, 5) is 14.7. The summed E-state index contributed by atoms with van der Waals surface area (Å²) < 4.78 is 40.9. The van der Waals surface area contributed by atoms with E-state index in [4.69, 9.17) is 0 Å². The predicted molar refractivity (Wildman–Crippen MR) is 90.3 cm³/mol. The van der Waals surface area contributed by atoms with Gasteiger partial charge in [0.05, 0.1) is 5.56 Å². The molecule has 2 aliphatic rings. The molecule has 2 N–H and O–H groups in total. The average Bonchev–Trinajstić information content (AvgIpc) is 2.52. The van der Waals surface area contributed by atoms with Crippen LogP contribution in [-0.2, 0) is 0 Å². The van der Waals surface area contributed by atoms with Crippen LogP contribution in [0.4, 0.5) is 24.5 Å². The average molecular weight is 363 g/mol. The van der Waals surface area contributed by atoms with Gasteiger partial charge in [-0.25, -0.2) is 0 Å². The zero-order chi connectivity index (χ0) is 18.5. The summed E-state index contributed by atoms with van der Waals surface area (Å²) in [5.41, 5.74) is 2.21. The molecule has 1 spiro atoms. The minimum atomic E-state index is -4.75. The van der Waals surface area contributed by atoms with E-state index >= 15 is 0 Å². The van der Waals surface area contributed by atoms with Gasteiger partial charge in [-0.3, -0.25) is 9.69 Å². The summed E-state index contributed by atoms with van der Waals surface area (Å²) in [5.74, 6) is -0.514. The van der Waals surface area contributed by atoms with Crippen molar-refractivity contribution in [2.24, 2.45) is 0 Å². The van der Waals surface area contributed by atoms with Gasteiger partial charge >= 0.3 is 6.36 Å². The Morgan fingerprint density at radius 3 is 2.38 bits per heavy atom. The molecule has 0 aromatic heterocycles. The minimum Gasteiger partial charge on any atom is -0.406 e. The van der Waals surface area contributed by atoms with E-state index in [1.165, 1.54) is 24.3 Å². The number of fused-ring (bicyclic) bond motifs is 1. The number of alkyl halides is 3. The van der Waals surface area contributed by atoms with Gasteiger partial charge in [0.15, 0.2) is 0 Å². The van der Waals surface area contributed by atoms with Crippen molar-refractivity contribution in [3.63, 3.8) is 0 Å². The fraction of sp³-hybridized carbons (Fsp3) is 0.278. The van der Waals surface area contributed by atoms with E-state index in [0.29, 0.717) is 24.3 Å². The van der Waals surface area contributed by atoms with Gasteiger partial charge in [-0.1, -0.05) is 6.07 Å². The number of carbonyl (C=O) groups is 1. The topological polar surface area (TPSA) is 53.6 Å². The van der Waals surface area contributed by atoms with E-state index in [0.717, 1.165) is 11.3 Å². The normalized spacial score (nSPS) is 18.2. The Balaban J connectivity index is 1.70. The Labute approximate surface area is 147 Å². The smallest absolute Gasteiger partial charge is 0.406 e. The fourth-order valence-electron chi connectivity index (χ4n) is 3.34. The molecule has 0 bridgehead atoms. The molecule has 2 aromatic rings. The number of halogens is 3. The van der Waals surface area contributed by atoms with E-state index in [1.54, 1.807) is 11.0 Å². The largest absolute Gasteiger partial charge is 0.573 e. The van der Waals surface area contributed by atoms with Gasteiger partial charge in [0.25, 0.3) is 5.91 Å². The standard InChI is InChI=1S/C18H16F3N3O2/c1-11-2-7-14-15(8-11)23-17(9-22-10-17)24(16(14)25)12-3-5-13(6-4-12)26-18(19,20)21/h2-8,22-23H,9-10H2,1H3. The number of rotatable bonds is 2. The van der Waals surface area contributed by atoms with Crippen molar-refractivity contribution in [2.45, 2.75) is 18.9 Å². The zero-order valence-corrected chi connectivity index (χ0v) is 13.9. The van der Waals surface area contributed by atoms with E-state index in [9.17, 15) is 18.0 Å². The second-order valence-electron chi connectivity index (χ2n) is 6.49. The molecule has 1 amide bonds. The first-order valence-electron chi connectivity index (χ1n) is 8.07. The van der Waals surface area contributed by atoms with Crippen molar-refractivity contribution in [2.75, 3.05) is 23.3 Å². The van der Waals surface area contributed by atoms with Crippen LogP contribution in [0.5, 0.6) is 5.75 Å². The molecule has 5 nitrogen and oxygen atoms in total. The molecule has 2 aromatic carbocycles. The SMILES string of the molecule is Cc1ccc2c(c1)NC1(CNC1)N(c1ccc(OC(F)(F)F)cc1)C2=O. The second-order valence-corrected chi connectivity index (χ2v) is 6.49. The summed E-state index contributed by atoms with van der Waals surface area (Å²) in [7, 11) is 0. The monoisotopic (exact) mass is 363 g/mol. The number of hydrogen-bond acceptors (Lipinski definition) is 4. The number of nitrogens with zero attached hydrogens (tertiary/aromatic N) is 1. The quantitative estimate of drug-likeness (QED) is 0.860. The van der Waals surface area contributed by atoms with Crippen LogP contribution in [0.2, 0.25) is 0 Å². The molecule has 0 unspecified atom stereocenters. The fourth-order valence-corrected chi connectivity index (χ4v) is 3.34. The maximum absolute atomic E-state index is 13.1. The van der Waals surface area contributed by atoms with Crippen molar-refractivity contribution in [1.82, 2.24) is 5.32 Å². The molecule has 1 fully saturated rings. The van der Waals surface area contributed by atoms with Crippen LogP contribution in [0.25, 0.3) is 0 Å². The number of anilines is 2. The Morgan fingerprint density at radius 2 is 1.81 bits per heavy atom. The number of ether oxygens (including phenoxy) is 1. The van der Waals surface area contributed by atoms with Gasteiger partial charge in [-0.05, 0) is 48.9 Å². The molecule has 0 atom stereocenters. The maximum Gasteiger partial charge on any atom is 0.573 e. The molecule has 0 aliphatic carbocycles. The van der Waals surface area contributed by atoms with Crippen molar-refractivity contribution in [3.8, 4) is 5.75 Å². The van der Waals surface area contributed by atoms with Crippen LogP contribution in [-0.4, -0.2) is 31.0 Å². The highest BCUT2D eigenvalue weighted by molar-refractivity contribution is 6.13. The number of carbonyl (C=O) groups excluding carboxylic acids is 1. The highest BCUT2D eigenvalue weighted by Gasteiger charge is 2.49. The molecule has 4 rings (SSSR count). The minimum absolute atomic E-state index is 0.190. The highest BCUT2D eigenvalue weighted by Crippen LogP contribution is 2.38. The molecule has 26 heavy (non-hydrogen) atoms. The zero-order valence-electron chi connectivity index (χ0n) is 13.9. The summed E-state index contributed by atoms with van der Waals surface area (Å²) in [6, 6.07) is 10.9. The Kier molecular flexibility index (Phi) is 3.62. The van der Waals surface area contributed by atoms with Crippen LogP contribution >= 0.6 is 0 Å². The highest BCUT2D eigenvalue weighted by atomic mass is 19.4. The molecule has 2 heterocycles. The van der Waals surface area contributed by atoms with E-state index in [-0.39, 0.29) is 11.7 Å². The molecule has 1 saturated heterocycles. The van der Waals surface area contributed by atoms with Crippen LogP contribution in [0.3, 0.4) is 0 Å². The maximum atomic E-state index is 13.1. The van der Waals surface area contributed by atoms with Crippen LogP contribution in [0.1, 0.15) is 15.9 Å². The molecule has 0 radical (unpaired) electrons. The van der Waals surface area contributed by atoms with Gasteiger partial charge in [-0.15, -0.1) is 13.2 Å². The van der Waals surface area contributed by atoms with Gasteiger partial charge in [0.1, 0.15) is 11.4 Å². The molecular weight excluding hydrogens is 347 g/mol. The van der Waals surface area contributed by atoms with Crippen molar-refractivity contribution in [1.29, 1.82) is 0 Å². The first kappa shape index (κ1) is 16.7. The number of benzene rings is 2. The second kappa shape index (κ2) is 5.63. The lowest BCUT2D eigenvalue weighted by molar-refractivity contribution is -0.274. The Bertz CT molecular complexity index is 861. The van der Waals surface area contributed by atoms with Gasteiger partial charge < -0.3 is 15.4 Å². The lowest BCUT2D eigenvalue weighted by Crippen LogP contribution is -2.76. The van der Waals surface area contributed by atoms with E-state index < -0.39 is 12.0 Å². The summed E-state index contributed by atoms with van der Waals surface area (Å²) in [5, 5.41) is 6.56. The van der Waals surface area contributed by atoms with Gasteiger partial charge in [0.2, 0.25) is 0 Å².